The number of amides is 1. The van der Waals surface area contributed by atoms with E-state index in [1.165, 1.54) is 25.6 Å². The summed E-state index contributed by atoms with van der Waals surface area (Å²) in [6.45, 7) is 1.47. The van der Waals surface area contributed by atoms with Crippen LogP contribution >= 0.6 is 11.3 Å². The van der Waals surface area contributed by atoms with Crippen LogP contribution in [0.3, 0.4) is 0 Å². The van der Waals surface area contributed by atoms with Gasteiger partial charge in [0.2, 0.25) is 17.7 Å². The molecular formula is C14H20N6O3S. The minimum atomic E-state index is -0.384. The molecule has 0 atom stereocenters. The summed E-state index contributed by atoms with van der Waals surface area (Å²) in [6, 6.07) is 0. The second-order valence-electron chi connectivity index (χ2n) is 5.00. The predicted octanol–water partition coefficient (Wildman–Crippen LogP) is 1.18. The molecule has 0 radical (unpaired) electrons. The molecule has 0 aliphatic heterocycles. The third kappa shape index (κ3) is 4.52. The molecule has 0 aliphatic carbocycles. The molecule has 2 aromatic rings. The number of ether oxygens (including phenoxy) is 2. The van der Waals surface area contributed by atoms with E-state index in [-0.39, 0.29) is 23.4 Å². The van der Waals surface area contributed by atoms with E-state index in [0.717, 1.165) is 6.54 Å². The predicted molar refractivity (Wildman–Crippen MR) is 92.2 cm³/mol. The van der Waals surface area contributed by atoms with Gasteiger partial charge in [-0.3, -0.25) is 4.79 Å². The Bertz CT molecular complexity index is 652. The Morgan fingerprint density at radius 3 is 2.42 bits per heavy atom. The van der Waals surface area contributed by atoms with Crippen LogP contribution < -0.4 is 20.1 Å². The Morgan fingerprint density at radius 2 is 1.92 bits per heavy atom. The van der Waals surface area contributed by atoms with Crippen LogP contribution in [0.4, 0.5) is 11.6 Å². The van der Waals surface area contributed by atoms with Gasteiger partial charge in [0.05, 0.1) is 19.7 Å². The number of carbonyl (C=O) groups excluding carboxylic acids is 1. The smallest absolute Gasteiger partial charge is 0.275 e. The Balaban J connectivity index is 2.21. The van der Waals surface area contributed by atoms with Gasteiger partial charge in [-0.1, -0.05) is 0 Å². The number of anilines is 2. The third-order valence-electron chi connectivity index (χ3n) is 2.97. The topological polar surface area (TPSA) is 102 Å². The molecule has 24 heavy (non-hydrogen) atoms. The fraction of sp³-hybridized carbons (Fsp3) is 0.429. The van der Waals surface area contributed by atoms with E-state index in [4.69, 9.17) is 9.47 Å². The number of methoxy groups -OCH3 is 2. The van der Waals surface area contributed by atoms with E-state index in [1.54, 1.807) is 10.9 Å². The summed E-state index contributed by atoms with van der Waals surface area (Å²) in [5.74, 6) is 0.387. The number of nitrogens with zero attached hydrogens (tertiary/aromatic N) is 4. The summed E-state index contributed by atoms with van der Waals surface area (Å²) in [5.41, 5.74) is 2.14. The van der Waals surface area contributed by atoms with Gasteiger partial charge in [-0.15, -0.1) is 11.3 Å². The van der Waals surface area contributed by atoms with Gasteiger partial charge in [-0.2, -0.15) is 9.97 Å². The van der Waals surface area contributed by atoms with Crippen molar-refractivity contribution in [3.63, 3.8) is 0 Å². The van der Waals surface area contributed by atoms with Crippen molar-refractivity contribution in [2.24, 2.45) is 0 Å². The molecule has 10 heteroatoms. The van der Waals surface area contributed by atoms with Gasteiger partial charge < -0.3 is 25.0 Å². The number of likely N-dealkylation sites (N-methyl/N-ethyl adjacent to an activating group) is 1. The zero-order valence-electron chi connectivity index (χ0n) is 14.0. The Labute approximate surface area is 144 Å². The number of hydrogen-bond acceptors (Lipinski definition) is 9. The molecule has 130 valence electrons. The van der Waals surface area contributed by atoms with Crippen LogP contribution in [0.2, 0.25) is 0 Å². The third-order valence-corrected chi connectivity index (χ3v) is 3.56. The number of rotatable bonds is 8. The van der Waals surface area contributed by atoms with Crippen LogP contribution in [-0.4, -0.2) is 67.2 Å². The van der Waals surface area contributed by atoms with Crippen LogP contribution in [-0.2, 0) is 0 Å². The highest BCUT2D eigenvalue weighted by molar-refractivity contribution is 7.07. The highest BCUT2D eigenvalue weighted by Gasteiger charge is 2.20. The van der Waals surface area contributed by atoms with E-state index >= 15 is 0 Å². The quantitative estimate of drug-likeness (QED) is 0.730. The Kier molecular flexibility index (Phi) is 6.27. The first kappa shape index (κ1) is 17.9. The molecule has 0 bridgehead atoms. The maximum absolute atomic E-state index is 12.2. The lowest BCUT2D eigenvalue weighted by Gasteiger charge is -2.15. The van der Waals surface area contributed by atoms with Gasteiger partial charge in [0, 0.05) is 18.5 Å². The molecule has 0 fully saturated rings. The van der Waals surface area contributed by atoms with E-state index in [9.17, 15) is 4.79 Å². The number of aromatic nitrogens is 3. The van der Waals surface area contributed by atoms with Crippen LogP contribution in [0.15, 0.2) is 10.9 Å². The maximum atomic E-state index is 12.2. The van der Waals surface area contributed by atoms with Gasteiger partial charge in [-0.05, 0) is 14.1 Å². The first-order valence-electron chi connectivity index (χ1n) is 7.13. The summed E-state index contributed by atoms with van der Waals surface area (Å²) < 4.78 is 10.5. The number of carbonyl (C=O) groups is 1. The standard InChI is InChI=1S/C14H20N6O3S/c1-20(2)6-5-15-14-18-12(22-3)10(13(19-14)23-4)17-11(21)9-7-24-8-16-9/h7-8H,5-6H2,1-4H3,(H,17,21)(H,15,18,19). The van der Waals surface area contributed by atoms with Crippen molar-refractivity contribution in [1.82, 2.24) is 19.9 Å². The molecule has 2 aromatic heterocycles. The van der Waals surface area contributed by atoms with Gasteiger partial charge in [0.25, 0.3) is 5.91 Å². The molecule has 2 rings (SSSR count). The van der Waals surface area contributed by atoms with Crippen molar-refractivity contribution in [2.75, 3.05) is 52.0 Å². The maximum Gasteiger partial charge on any atom is 0.275 e. The zero-order valence-corrected chi connectivity index (χ0v) is 14.8. The molecule has 0 aromatic carbocycles. The first-order chi connectivity index (χ1) is 11.5. The lowest BCUT2D eigenvalue weighted by molar-refractivity contribution is 0.102. The zero-order chi connectivity index (χ0) is 17.5. The van der Waals surface area contributed by atoms with E-state index in [2.05, 4.69) is 25.6 Å². The van der Waals surface area contributed by atoms with Crippen molar-refractivity contribution in [3.8, 4) is 11.8 Å². The normalized spacial score (nSPS) is 10.5. The average Bonchev–Trinajstić information content (AvgIpc) is 3.09. The summed E-state index contributed by atoms with van der Waals surface area (Å²) in [5, 5.41) is 7.41. The molecule has 0 unspecified atom stereocenters. The van der Waals surface area contributed by atoms with Gasteiger partial charge in [0.1, 0.15) is 5.69 Å². The minimum Gasteiger partial charge on any atom is -0.479 e. The van der Waals surface area contributed by atoms with E-state index in [1.807, 2.05) is 19.0 Å². The van der Waals surface area contributed by atoms with Crippen molar-refractivity contribution in [3.05, 3.63) is 16.6 Å². The fourth-order valence-electron chi connectivity index (χ4n) is 1.80. The van der Waals surface area contributed by atoms with Crippen LogP contribution in [0, 0.1) is 0 Å². The largest absolute Gasteiger partial charge is 0.479 e. The van der Waals surface area contributed by atoms with Crippen molar-refractivity contribution in [1.29, 1.82) is 0 Å². The van der Waals surface area contributed by atoms with Crippen molar-refractivity contribution < 1.29 is 14.3 Å². The first-order valence-corrected chi connectivity index (χ1v) is 8.07. The molecule has 0 aliphatic rings. The van der Waals surface area contributed by atoms with Gasteiger partial charge >= 0.3 is 0 Å². The summed E-state index contributed by atoms with van der Waals surface area (Å²) >= 11 is 1.33. The number of nitrogens with one attached hydrogen (secondary N) is 2. The summed E-state index contributed by atoms with van der Waals surface area (Å²) in [4.78, 5) is 26.7. The van der Waals surface area contributed by atoms with E-state index in [0.29, 0.717) is 18.2 Å². The second-order valence-corrected chi connectivity index (χ2v) is 5.72. The molecule has 0 saturated heterocycles. The van der Waals surface area contributed by atoms with Crippen molar-refractivity contribution >= 4 is 28.9 Å². The molecular weight excluding hydrogens is 332 g/mol. The van der Waals surface area contributed by atoms with Crippen molar-refractivity contribution in [2.45, 2.75) is 0 Å². The highest BCUT2D eigenvalue weighted by Crippen LogP contribution is 2.32. The lowest BCUT2D eigenvalue weighted by Crippen LogP contribution is -2.22. The molecule has 2 heterocycles. The number of hydrogen-bond donors (Lipinski definition) is 2. The van der Waals surface area contributed by atoms with Gasteiger partial charge in [0.15, 0.2) is 5.69 Å². The fourth-order valence-corrected chi connectivity index (χ4v) is 2.33. The average molecular weight is 352 g/mol. The van der Waals surface area contributed by atoms with E-state index < -0.39 is 0 Å². The molecule has 2 N–H and O–H groups in total. The minimum absolute atomic E-state index is 0.206. The lowest BCUT2D eigenvalue weighted by atomic mass is 10.4. The SMILES string of the molecule is COc1nc(NCCN(C)C)nc(OC)c1NC(=O)c1cscn1. The molecule has 9 nitrogen and oxygen atoms in total. The Morgan fingerprint density at radius 1 is 1.25 bits per heavy atom. The Hall–Kier alpha value is -2.46. The number of thiazole rings is 1. The molecule has 0 spiro atoms. The van der Waals surface area contributed by atoms with Gasteiger partial charge in [-0.25, -0.2) is 4.98 Å². The van der Waals surface area contributed by atoms with Crippen LogP contribution in [0.1, 0.15) is 10.5 Å². The van der Waals surface area contributed by atoms with Crippen LogP contribution in [0.5, 0.6) is 11.8 Å². The molecule has 0 saturated carbocycles. The van der Waals surface area contributed by atoms with Crippen LogP contribution in [0.25, 0.3) is 0 Å². The second kappa shape index (κ2) is 8.41. The molecule has 1 amide bonds. The highest BCUT2D eigenvalue weighted by atomic mass is 32.1. The summed E-state index contributed by atoms with van der Waals surface area (Å²) in [6.07, 6.45) is 0. The monoisotopic (exact) mass is 352 g/mol. The summed E-state index contributed by atoms with van der Waals surface area (Å²) in [7, 11) is 6.87.